The third kappa shape index (κ3) is 4.25. The first-order valence-corrected chi connectivity index (χ1v) is 9.93. The topological polar surface area (TPSA) is 58.1 Å². The highest BCUT2D eigenvalue weighted by Crippen LogP contribution is 2.27. The number of aromatic nitrogens is 2. The molecule has 4 rings (SSSR count). The molecular weight excluding hydrogens is 336 g/mol. The van der Waals surface area contributed by atoms with Gasteiger partial charge in [-0.3, -0.25) is 9.78 Å². The summed E-state index contributed by atoms with van der Waals surface area (Å²) in [5.41, 5.74) is 3.47. The molecule has 1 N–H and O–H groups in total. The number of pyridine rings is 2. The lowest BCUT2D eigenvalue weighted by molar-refractivity contribution is 0.103. The zero-order valence-corrected chi connectivity index (χ0v) is 15.7. The maximum Gasteiger partial charge on any atom is 0.212 e. The smallest absolute Gasteiger partial charge is 0.212 e. The molecule has 0 unspecified atom stereocenters. The highest BCUT2D eigenvalue weighted by atomic mass is 16.1. The Hall–Kier alpha value is -2.53. The second-order valence-electron chi connectivity index (χ2n) is 7.24. The standard InChI is InChI=1S/C22H26N4O/c27-22(19-14-18(15-24-16-19)17-6-2-1-3-7-17)20-8-4-9-21(25-20)26-12-5-10-23-11-13-26/h4,6,8-9,14-16,23H,1-3,5,7,10-13H2. The normalized spacial score (nSPS) is 17.9. The number of ketones is 1. The van der Waals surface area contributed by atoms with Crippen molar-refractivity contribution in [3.05, 3.63) is 59.6 Å². The van der Waals surface area contributed by atoms with Gasteiger partial charge in [-0.1, -0.05) is 12.1 Å². The molecule has 1 aliphatic carbocycles. The lowest BCUT2D eigenvalue weighted by Crippen LogP contribution is -2.28. The summed E-state index contributed by atoms with van der Waals surface area (Å²) in [4.78, 5) is 24.3. The van der Waals surface area contributed by atoms with E-state index in [1.54, 1.807) is 12.3 Å². The predicted molar refractivity (Wildman–Crippen MR) is 108 cm³/mol. The Morgan fingerprint density at radius 2 is 2.04 bits per heavy atom. The highest BCUT2D eigenvalue weighted by Gasteiger charge is 2.16. The van der Waals surface area contributed by atoms with Crippen molar-refractivity contribution in [2.75, 3.05) is 31.1 Å². The van der Waals surface area contributed by atoms with E-state index in [-0.39, 0.29) is 5.78 Å². The van der Waals surface area contributed by atoms with E-state index in [2.05, 4.69) is 26.3 Å². The minimum Gasteiger partial charge on any atom is -0.355 e. The third-order valence-corrected chi connectivity index (χ3v) is 5.29. The maximum atomic E-state index is 13.0. The van der Waals surface area contributed by atoms with Gasteiger partial charge in [-0.25, -0.2) is 4.98 Å². The minimum atomic E-state index is -0.0597. The Morgan fingerprint density at radius 3 is 2.93 bits per heavy atom. The van der Waals surface area contributed by atoms with E-state index in [0.29, 0.717) is 11.3 Å². The van der Waals surface area contributed by atoms with Gasteiger partial charge in [-0.15, -0.1) is 0 Å². The van der Waals surface area contributed by atoms with Crippen LogP contribution >= 0.6 is 0 Å². The number of nitrogens with one attached hydrogen (secondary N) is 1. The van der Waals surface area contributed by atoms with Crippen LogP contribution in [0.5, 0.6) is 0 Å². The average molecular weight is 362 g/mol. The summed E-state index contributed by atoms with van der Waals surface area (Å²) < 4.78 is 0. The van der Waals surface area contributed by atoms with Crippen molar-refractivity contribution in [2.45, 2.75) is 32.1 Å². The molecule has 2 aliphatic rings. The van der Waals surface area contributed by atoms with Gasteiger partial charge in [0.1, 0.15) is 11.5 Å². The van der Waals surface area contributed by atoms with Crippen molar-refractivity contribution in [1.29, 1.82) is 0 Å². The number of hydrogen-bond donors (Lipinski definition) is 1. The van der Waals surface area contributed by atoms with Crippen LogP contribution in [0.25, 0.3) is 5.57 Å². The first-order chi connectivity index (χ1) is 13.3. The Labute approximate surface area is 160 Å². The van der Waals surface area contributed by atoms with Gasteiger partial charge in [0.25, 0.3) is 0 Å². The molecule has 1 fully saturated rings. The fourth-order valence-electron chi connectivity index (χ4n) is 3.79. The number of hydrogen-bond acceptors (Lipinski definition) is 5. The lowest BCUT2D eigenvalue weighted by atomic mass is 9.93. The van der Waals surface area contributed by atoms with Crippen molar-refractivity contribution in [1.82, 2.24) is 15.3 Å². The average Bonchev–Trinajstić information content (AvgIpc) is 3.04. The number of anilines is 1. The van der Waals surface area contributed by atoms with Crippen LogP contribution in [0.3, 0.4) is 0 Å². The second-order valence-corrected chi connectivity index (χ2v) is 7.24. The van der Waals surface area contributed by atoms with Crippen LogP contribution in [0.4, 0.5) is 5.82 Å². The molecule has 1 aliphatic heterocycles. The predicted octanol–water partition coefficient (Wildman–Crippen LogP) is 3.46. The van der Waals surface area contributed by atoms with Crippen molar-refractivity contribution in [3.63, 3.8) is 0 Å². The fraction of sp³-hybridized carbons (Fsp3) is 0.409. The Morgan fingerprint density at radius 1 is 1.07 bits per heavy atom. The molecule has 0 atom stereocenters. The van der Waals surface area contributed by atoms with Crippen LogP contribution in [-0.2, 0) is 0 Å². The van der Waals surface area contributed by atoms with Crippen LogP contribution in [0, 0.1) is 0 Å². The van der Waals surface area contributed by atoms with Gasteiger partial charge in [-0.05, 0) is 68.0 Å². The molecule has 0 spiro atoms. The summed E-state index contributed by atoms with van der Waals surface area (Å²) in [5.74, 6) is 0.819. The Bertz CT molecular complexity index is 838. The minimum absolute atomic E-state index is 0.0597. The van der Waals surface area contributed by atoms with Crippen LogP contribution in [0.1, 0.15) is 53.7 Å². The molecule has 5 nitrogen and oxygen atoms in total. The van der Waals surface area contributed by atoms with Gasteiger partial charge in [0.15, 0.2) is 0 Å². The van der Waals surface area contributed by atoms with E-state index < -0.39 is 0 Å². The summed E-state index contributed by atoms with van der Waals surface area (Å²) in [7, 11) is 0. The molecule has 2 aromatic heterocycles. The summed E-state index contributed by atoms with van der Waals surface area (Å²) in [6.45, 7) is 3.85. The second kappa shape index (κ2) is 8.44. The van der Waals surface area contributed by atoms with Gasteiger partial charge >= 0.3 is 0 Å². The first-order valence-electron chi connectivity index (χ1n) is 9.93. The Kier molecular flexibility index (Phi) is 5.58. The summed E-state index contributed by atoms with van der Waals surface area (Å²) in [6.07, 6.45) is 11.5. The van der Waals surface area contributed by atoms with Crippen LogP contribution in [-0.4, -0.2) is 41.9 Å². The van der Waals surface area contributed by atoms with Gasteiger partial charge in [0, 0.05) is 37.6 Å². The zero-order chi connectivity index (χ0) is 18.5. The van der Waals surface area contributed by atoms with Crippen molar-refractivity contribution < 1.29 is 4.79 Å². The van der Waals surface area contributed by atoms with Crippen LogP contribution < -0.4 is 10.2 Å². The van der Waals surface area contributed by atoms with Crippen molar-refractivity contribution >= 4 is 17.2 Å². The maximum absolute atomic E-state index is 13.0. The SMILES string of the molecule is O=C(c1cncc(C2=CCCCC2)c1)c1cccc(N2CCCNCC2)n1. The first kappa shape index (κ1) is 17.9. The number of allylic oxidation sites excluding steroid dienone is 2. The number of carbonyl (C=O) groups is 1. The van der Waals surface area contributed by atoms with E-state index in [9.17, 15) is 4.79 Å². The van der Waals surface area contributed by atoms with Crippen LogP contribution in [0.15, 0.2) is 42.7 Å². The van der Waals surface area contributed by atoms with Gasteiger partial charge < -0.3 is 10.2 Å². The number of carbonyl (C=O) groups excluding carboxylic acids is 1. The Balaban J connectivity index is 1.57. The molecule has 0 amide bonds. The molecule has 27 heavy (non-hydrogen) atoms. The largest absolute Gasteiger partial charge is 0.355 e. The van der Waals surface area contributed by atoms with Gasteiger partial charge in [0.05, 0.1) is 0 Å². The number of nitrogens with zero attached hydrogens (tertiary/aromatic N) is 3. The summed E-state index contributed by atoms with van der Waals surface area (Å²) >= 11 is 0. The molecule has 2 aromatic rings. The third-order valence-electron chi connectivity index (χ3n) is 5.29. The molecule has 140 valence electrons. The summed E-state index contributed by atoms with van der Waals surface area (Å²) in [6, 6.07) is 7.68. The molecule has 0 aromatic carbocycles. The van der Waals surface area contributed by atoms with E-state index >= 15 is 0 Å². The molecule has 0 bridgehead atoms. The molecule has 1 saturated heterocycles. The quantitative estimate of drug-likeness (QED) is 0.844. The van der Waals surface area contributed by atoms with Crippen molar-refractivity contribution in [2.24, 2.45) is 0 Å². The fourth-order valence-corrected chi connectivity index (χ4v) is 3.79. The van der Waals surface area contributed by atoms with Crippen molar-refractivity contribution in [3.8, 4) is 0 Å². The zero-order valence-electron chi connectivity index (χ0n) is 15.7. The monoisotopic (exact) mass is 362 g/mol. The molecular formula is C22H26N4O. The van der Waals surface area contributed by atoms with E-state index in [4.69, 9.17) is 0 Å². The lowest BCUT2D eigenvalue weighted by Gasteiger charge is -2.21. The molecule has 0 radical (unpaired) electrons. The van der Waals surface area contributed by atoms with E-state index in [1.807, 2.05) is 24.4 Å². The highest BCUT2D eigenvalue weighted by molar-refractivity contribution is 6.08. The van der Waals surface area contributed by atoms with Gasteiger partial charge in [-0.2, -0.15) is 0 Å². The van der Waals surface area contributed by atoms with E-state index in [0.717, 1.165) is 56.8 Å². The van der Waals surface area contributed by atoms with E-state index in [1.165, 1.54) is 18.4 Å². The van der Waals surface area contributed by atoms with Gasteiger partial charge in [0.2, 0.25) is 5.78 Å². The summed E-state index contributed by atoms with van der Waals surface area (Å²) in [5, 5.41) is 3.40. The van der Waals surface area contributed by atoms with Crippen LogP contribution in [0.2, 0.25) is 0 Å². The molecule has 3 heterocycles. The molecule has 5 heteroatoms. The number of rotatable bonds is 4. The molecule has 0 saturated carbocycles.